The molecule has 27 heavy (non-hydrogen) atoms. The third-order valence-corrected chi connectivity index (χ3v) is 4.88. The Morgan fingerprint density at radius 3 is 2.44 bits per heavy atom. The number of rotatable bonds is 3. The Balaban J connectivity index is 1.45. The maximum absolute atomic E-state index is 12.9. The van der Waals surface area contributed by atoms with Crippen molar-refractivity contribution in [1.82, 2.24) is 19.9 Å². The van der Waals surface area contributed by atoms with E-state index < -0.39 is 0 Å². The van der Waals surface area contributed by atoms with Gasteiger partial charge in [-0.1, -0.05) is 12.1 Å². The molecule has 1 amide bonds. The van der Waals surface area contributed by atoms with Gasteiger partial charge in [-0.05, 0) is 38.1 Å². The number of carbonyl (C=O) groups is 1. The van der Waals surface area contributed by atoms with Gasteiger partial charge >= 0.3 is 0 Å². The fraction of sp³-hybridized carbons (Fsp3) is 0.286. The number of H-pyrrole nitrogens is 1. The van der Waals surface area contributed by atoms with E-state index in [4.69, 9.17) is 0 Å². The molecule has 1 aromatic carbocycles. The number of anilines is 1. The van der Waals surface area contributed by atoms with Crippen molar-refractivity contribution in [1.29, 1.82) is 0 Å². The third-order valence-electron chi connectivity index (χ3n) is 4.88. The van der Waals surface area contributed by atoms with Crippen LogP contribution in [0.3, 0.4) is 0 Å². The lowest BCUT2D eigenvalue weighted by atomic mass is 10.1. The van der Waals surface area contributed by atoms with E-state index in [9.17, 15) is 4.79 Å². The van der Waals surface area contributed by atoms with E-state index in [-0.39, 0.29) is 5.91 Å². The van der Waals surface area contributed by atoms with Crippen LogP contribution in [0.15, 0.2) is 48.8 Å². The second-order valence-electron chi connectivity index (χ2n) is 6.91. The Bertz CT molecular complexity index is 923. The first-order valence-corrected chi connectivity index (χ1v) is 9.19. The number of hydrogen-bond donors (Lipinski definition) is 1. The van der Waals surface area contributed by atoms with Crippen LogP contribution in [0.5, 0.6) is 0 Å². The largest absolute Gasteiger partial charge is 0.368 e. The van der Waals surface area contributed by atoms with Crippen LogP contribution in [0.1, 0.15) is 21.7 Å². The van der Waals surface area contributed by atoms with Crippen LogP contribution in [-0.2, 0) is 0 Å². The molecule has 1 N–H and O–H groups in total. The highest BCUT2D eigenvalue weighted by atomic mass is 16.2. The van der Waals surface area contributed by atoms with E-state index >= 15 is 0 Å². The molecule has 1 fully saturated rings. The molecule has 1 saturated heterocycles. The molecule has 0 bridgehead atoms. The highest BCUT2D eigenvalue weighted by Crippen LogP contribution is 2.21. The molecule has 2 aromatic heterocycles. The second kappa shape index (κ2) is 7.23. The van der Waals surface area contributed by atoms with Crippen LogP contribution in [0.4, 0.5) is 5.69 Å². The summed E-state index contributed by atoms with van der Waals surface area (Å²) in [6, 6.07) is 11.9. The zero-order valence-electron chi connectivity index (χ0n) is 15.6. The first-order valence-electron chi connectivity index (χ1n) is 9.19. The number of pyridine rings is 1. The minimum absolute atomic E-state index is 0.0742. The second-order valence-corrected chi connectivity index (χ2v) is 6.91. The third kappa shape index (κ3) is 3.69. The molecular weight excluding hydrogens is 338 g/mol. The van der Waals surface area contributed by atoms with E-state index in [0.29, 0.717) is 18.7 Å². The number of piperazine rings is 1. The molecule has 0 radical (unpaired) electrons. The number of aromatic nitrogens is 3. The summed E-state index contributed by atoms with van der Waals surface area (Å²) >= 11 is 0. The summed E-state index contributed by atoms with van der Waals surface area (Å²) in [5, 5.41) is 0. The molecule has 0 aliphatic carbocycles. The molecule has 6 nitrogen and oxygen atoms in total. The van der Waals surface area contributed by atoms with Gasteiger partial charge in [-0.25, -0.2) is 4.98 Å². The fourth-order valence-electron chi connectivity index (χ4n) is 3.57. The molecule has 3 aromatic rings. The molecule has 4 rings (SSSR count). The standard InChI is InChI=1S/C21H23N5O/c1-15-12-19(13-16(2)24-15)25-8-10-26(11-9-25)21(27)18-5-3-4-17(14-18)20-22-6-7-23-20/h3-7,12-14H,8-11H2,1-2H3,(H,22,23). The average molecular weight is 361 g/mol. The molecular formula is C21H23N5O. The monoisotopic (exact) mass is 361 g/mol. The number of hydrogen-bond acceptors (Lipinski definition) is 4. The van der Waals surface area contributed by atoms with E-state index in [1.165, 1.54) is 5.69 Å². The van der Waals surface area contributed by atoms with E-state index in [2.05, 4.69) is 32.0 Å². The van der Waals surface area contributed by atoms with Crippen molar-refractivity contribution in [2.24, 2.45) is 0 Å². The summed E-state index contributed by atoms with van der Waals surface area (Å²) in [7, 11) is 0. The Morgan fingerprint density at radius 2 is 1.78 bits per heavy atom. The fourth-order valence-corrected chi connectivity index (χ4v) is 3.57. The van der Waals surface area contributed by atoms with Gasteiger partial charge in [-0.15, -0.1) is 0 Å². The van der Waals surface area contributed by atoms with Crippen molar-refractivity contribution in [3.8, 4) is 11.4 Å². The minimum atomic E-state index is 0.0742. The molecule has 138 valence electrons. The van der Waals surface area contributed by atoms with Crippen LogP contribution in [-0.4, -0.2) is 51.9 Å². The van der Waals surface area contributed by atoms with Crippen molar-refractivity contribution >= 4 is 11.6 Å². The van der Waals surface area contributed by atoms with Gasteiger partial charge in [0.25, 0.3) is 5.91 Å². The number of nitrogens with zero attached hydrogens (tertiary/aromatic N) is 4. The lowest BCUT2D eigenvalue weighted by Crippen LogP contribution is -2.48. The molecule has 0 saturated carbocycles. The summed E-state index contributed by atoms with van der Waals surface area (Å²) in [6.45, 7) is 7.11. The number of nitrogens with one attached hydrogen (secondary N) is 1. The summed E-state index contributed by atoms with van der Waals surface area (Å²) in [6.07, 6.45) is 3.50. The SMILES string of the molecule is Cc1cc(N2CCN(C(=O)c3cccc(-c4ncc[nH]4)c3)CC2)cc(C)n1. The van der Waals surface area contributed by atoms with E-state index in [1.54, 1.807) is 12.4 Å². The van der Waals surface area contributed by atoms with Crippen molar-refractivity contribution in [2.75, 3.05) is 31.1 Å². The molecule has 0 atom stereocenters. The van der Waals surface area contributed by atoms with Crippen LogP contribution < -0.4 is 4.90 Å². The smallest absolute Gasteiger partial charge is 0.253 e. The number of benzene rings is 1. The van der Waals surface area contributed by atoms with Gasteiger partial charge in [0.15, 0.2) is 0 Å². The van der Waals surface area contributed by atoms with Gasteiger partial charge in [0.1, 0.15) is 5.82 Å². The topological polar surface area (TPSA) is 65.1 Å². The summed E-state index contributed by atoms with van der Waals surface area (Å²) in [5.74, 6) is 0.850. The maximum atomic E-state index is 12.9. The maximum Gasteiger partial charge on any atom is 0.253 e. The normalized spacial score (nSPS) is 14.4. The number of aryl methyl sites for hydroxylation is 2. The predicted molar refractivity (Wildman–Crippen MR) is 106 cm³/mol. The lowest BCUT2D eigenvalue weighted by molar-refractivity contribution is 0.0747. The summed E-state index contributed by atoms with van der Waals surface area (Å²) in [5.41, 5.74) is 4.86. The quantitative estimate of drug-likeness (QED) is 0.779. The molecule has 0 unspecified atom stereocenters. The number of imidazole rings is 1. The van der Waals surface area contributed by atoms with E-state index in [0.717, 1.165) is 35.9 Å². The van der Waals surface area contributed by atoms with Crippen LogP contribution >= 0.6 is 0 Å². The average Bonchev–Trinajstić information content (AvgIpc) is 3.22. The summed E-state index contributed by atoms with van der Waals surface area (Å²) < 4.78 is 0. The first-order chi connectivity index (χ1) is 13.1. The Hall–Kier alpha value is -3.15. The number of aromatic amines is 1. The predicted octanol–water partition coefficient (Wildman–Crippen LogP) is 3.05. The summed E-state index contributed by atoms with van der Waals surface area (Å²) in [4.78, 5) is 29.0. The van der Waals surface area contributed by atoms with Gasteiger partial charge in [-0.2, -0.15) is 0 Å². The Morgan fingerprint density at radius 1 is 1.04 bits per heavy atom. The molecule has 1 aliphatic heterocycles. The van der Waals surface area contributed by atoms with Crippen molar-refractivity contribution < 1.29 is 4.79 Å². The zero-order chi connectivity index (χ0) is 18.8. The Labute approximate surface area is 158 Å². The zero-order valence-corrected chi connectivity index (χ0v) is 15.6. The van der Waals surface area contributed by atoms with Gasteiger partial charge < -0.3 is 14.8 Å². The molecule has 3 heterocycles. The number of carbonyl (C=O) groups excluding carboxylic acids is 1. The van der Waals surface area contributed by atoms with Crippen molar-refractivity contribution in [2.45, 2.75) is 13.8 Å². The van der Waals surface area contributed by atoms with E-state index in [1.807, 2.05) is 43.0 Å². The van der Waals surface area contributed by atoms with Gasteiger partial charge in [0.05, 0.1) is 0 Å². The highest BCUT2D eigenvalue weighted by Gasteiger charge is 2.23. The van der Waals surface area contributed by atoms with Crippen molar-refractivity contribution in [3.63, 3.8) is 0 Å². The van der Waals surface area contributed by atoms with Crippen molar-refractivity contribution in [3.05, 3.63) is 65.7 Å². The van der Waals surface area contributed by atoms with Crippen LogP contribution in [0.25, 0.3) is 11.4 Å². The first kappa shape index (κ1) is 17.3. The Kier molecular flexibility index (Phi) is 4.62. The van der Waals surface area contributed by atoms with Crippen LogP contribution in [0.2, 0.25) is 0 Å². The van der Waals surface area contributed by atoms with Gasteiger partial charge in [-0.3, -0.25) is 9.78 Å². The molecule has 1 aliphatic rings. The van der Waals surface area contributed by atoms with Crippen LogP contribution in [0, 0.1) is 13.8 Å². The highest BCUT2D eigenvalue weighted by molar-refractivity contribution is 5.95. The molecule has 0 spiro atoms. The minimum Gasteiger partial charge on any atom is -0.368 e. The lowest BCUT2D eigenvalue weighted by Gasteiger charge is -2.36. The molecule has 6 heteroatoms. The van der Waals surface area contributed by atoms with Gasteiger partial charge in [0, 0.05) is 66.8 Å². The number of amides is 1. The van der Waals surface area contributed by atoms with Gasteiger partial charge in [0.2, 0.25) is 0 Å².